The molecule has 0 aliphatic heterocycles. The minimum Gasteiger partial charge on any atom is -0.481 e. The number of pyridine rings is 1. The molecular weight excluding hydrogens is 268 g/mol. The molecule has 1 aromatic carbocycles. The van der Waals surface area contributed by atoms with E-state index in [9.17, 15) is 14.7 Å². The van der Waals surface area contributed by atoms with Gasteiger partial charge in [-0.05, 0) is 24.6 Å². The van der Waals surface area contributed by atoms with E-state index in [1.54, 1.807) is 37.4 Å². The van der Waals surface area contributed by atoms with Crippen LogP contribution < -0.4 is 5.32 Å². The van der Waals surface area contributed by atoms with Gasteiger partial charge in [-0.2, -0.15) is 0 Å². The van der Waals surface area contributed by atoms with Crippen molar-refractivity contribution < 1.29 is 14.7 Å². The van der Waals surface area contributed by atoms with Gasteiger partial charge in [0.15, 0.2) is 0 Å². The Hall–Kier alpha value is -2.69. The van der Waals surface area contributed by atoms with Crippen LogP contribution in [-0.2, 0) is 4.79 Å². The number of amides is 1. The Morgan fingerprint density at radius 1 is 1.14 bits per heavy atom. The van der Waals surface area contributed by atoms with Gasteiger partial charge in [0, 0.05) is 12.4 Å². The third-order valence-corrected chi connectivity index (χ3v) is 3.26. The average Bonchev–Trinajstić information content (AvgIpc) is 2.53. The molecule has 1 aromatic heterocycles. The smallest absolute Gasteiger partial charge is 0.308 e. The van der Waals surface area contributed by atoms with Crippen molar-refractivity contribution >= 4 is 11.9 Å². The molecule has 1 heterocycles. The van der Waals surface area contributed by atoms with Crippen LogP contribution in [0.25, 0.3) is 0 Å². The normalized spacial score (nSPS) is 13.2. The van der Waals surface area contributed by atoms with Gasteiger partial charge in [0.1, 0.15) is 0 Å². The molecule has 0 radical (unpaired) electrons. The molecule has 5 heteroatoms. The molecule has 0 saturated heterocycles. The van der Waals surface area contributed by atoms with E-state index < -0.39 is 17.9 Å². The Kier molecular flexibility index (Phi) is 4.66. The lowest BCUT2D eigenvalue weighted by Gasteiger charge is -2.23. The molecule has 2 atom stereocenters. The Labute approximate surface area is 122 Å². The van der Waals surface area contributed by atoms with Gasteiger partial charge in [-0.3, -0.25) is 14.6 Å². The third-order valence-electron chi connectivity index (χ3n) is 3.26. The van der Waals surface area contributed by atoms with Crippen molar-refractivity contribution in [1.82, 2.24) is 10.3 Å². The summed E-state index contributed by atoms with van der Waals surface area (Å²) < 4.78 is 0. The number of carboxylic acids is 1. The number of hydrogen-bond acceptors (Lipinski definition) is 3. The maximum absolute atomic E-state index is 12.2. The highest BCUT2D eigenvalue weighted by Gasteiger charge is 2.27. The number of carbonyl (C=O) groups excluding carboxylic acids is 1. The second-order valence-corrected chi connectivity index (χ2v) is 4.73. The fraction of sp³-hybridized carbons (Fsp3) is 0.188. The first kappa shape index (κ1) is 14.7. The highest BCUT2D eigenvalue weighted by atomic mass is 16.4. The van der Waals surface area contributed by atoms with Crippen LogP contribution in [0.2, 0.25) is 0 Å². The summed E-state index contributed by atoms with van der Waals surface area (Å²) >= 11 is 0. The zero-order valence-corrected chi connectivity index (χ0v) is 11.6. The van der Waals surface area contributed by atoms with Gasteiger partial charge in [-0.25, -0.2) is 0 Å². The summed E-state index contributed by atoms with van der Waals surface area (Å²) in [5, 5.41) is 12.0. The molecular formula is C16H16N2O3. The van der Waals surface area contributed by atoms with Crippen LogP contribution in [0.5, 0.6) is 0 Å². The number of hydrogen-bond donors (Lipinski definition) is 2. The molecule has 0 saturated carbocycles. The van der Waals surface area contributed by atoms with Gasteiger partial charge in [0.25, 0.3) is 5.91 Å². The van der Waals surface area contributed by atoms with E-state index in [2.05, 4.69) is 10.3 Å². The molecule has 2 N–H and O–H groups in total. The number of carbonyl (C=O) groups is 2. The molecule has 2 aromatic rings. The fourth-order valence-corrected chi connectivity index (χ4v) is 2.02. The summed E-state index contributed by atoms with van der Waals surface area (Å²) in [6.07, 6.45) is 3.02. The van der Waals surface area contributed by atoms with Gasteiger partial charge in [-0.15, -0.1) is 0 Å². The fourth-order valence-electron chi connectivity index (χ4n) is 2.02. The first-order valence-electron chi connectivity index (χ1n) is 6.58. The number of benzene rings is 1. The van der Waals surface area contributed by atoms with E-state index in [-0.39, 0.29) is 5.91 Å². The summed E-state index contributed by atoms with van der Waals surface area (Å²) in [6.45, 7) is 1.57. The Bertz CT molecular complexity index is 614. The highest BCUT2D eigenvalue weighted by Crippen LogP contribution is 2.22. The number of aromatic nitrogens is 1. The van der Waals surface area contributed by atoms with Gasteiger partial charge >= 0.3 is 5.97 Å². The number of rotatable bonds is 5. The lowest BCUT2D eigenvalue weighted by molar-refractivity contribution is -0.142. The highest BCUT2D eigenvalue weighted by molar-refractivity contribution is 5.94. The Balaban J connectivity index is 2.25. The molecule has 108 valence electrons. The quantitative estimate of drug-likeness (QED) is 0.882. The first-order chi connectivity index (χ1) is 10.1. The molecule has 0 bridgehead atoms. The van der Waals surface area contributed by atoms with E-state index in [0.717, 1.165) is 5.56 Å². The third kappa shape index (κ3) is 3.66. The van der Waals surface area contributed by atoms with E-state index in [1.165, 1.54) is 6.20 Å². The molecule has 0 aliphatic carbocycles. The lowest BCUT2D eigenvalue weighted by Crippen LogP contribution is -2.35. The van der Waals surface area contributed by atoms with Gasteiger partial charge in [0.05, 0.1) is 17.5 Å². The monoisotopic (exact) mass is 284 g/mol. The van der Waals surface area contributed by atoms with Crippen molar-refractivity contribution in [3.8, 4) is 0 Å². The number of carboxylic acid groups (broad SMARTS) is 1. The van der Waals surface area contributed by atoms with Gasteiger partial charge < -0.3 is 10.4 Å². The van der Waals surface area contributed by atoms with Crippen molar-refractivity contribution in [2.24, 2.45) is 5.92 Å². The van der Waals surface area contributed by atoms with Crippen molar-refractivity contribution in [3.05, 3.63) is 66.0 Å². The van der Waals surface area contributed by atoms with E-state index in [1.807, 2.05) is 18.2 Å². The molecule has 1 amide bonds. The number of nitrogens with zero attached hydrogens (tertiary/aromatic N) is 1. The van der Waals surface area contributed by atoms with Crippen LogP contribution in [0.3, 0.4) is 0 Å². The molecule has 0 aliphatic rings. The van der Waals surface area contributed by atoms with Crippen LogP contribution in [-0.4, -0.2) is 22.0 Å². The first-order valence-corrected chi connectivity index (χ1v) is 6.58. The van der Waals surface area contributed by atoms with Crippen molar-refractivity contribution in [3.63, 3.8) is 0 Å². The van der Waals surface area contributed by atoms with Crippen LogP contribution in [0.1, 0.15) is 28.9 Å². The van der Waals surface area contributed by atoms with Crippen LogP contribution in [0, 0.1) is 5.92 Å². The summed E-state index contributed by atoms with van der Waals surface area (Å²) in [6, 6.07) is 11.8. The second-order valence-electron chi connectivity index (χ2n) is 4.73. The molecule has 5 nitrogen and oxygen atoms in total. The Morgan fingerprint density at radius 3 is 2.43 bits per heavy atom. The number of nitrogens with one attached hydrogen (secondary N) is 1. The maximum Gasteiger partial charge on any atom is 0.308 e. The predicted octanol–water partition coefficient (Wildman–Crippen LogP) is 2.27. The Morgan fingerprint density at radius 2 is 1.86 bits per heavy atom. The summed E-state index contributed by atoms with van der Waals surface area (Å²) in [5.41, 5.74) is 1.15. The predicted molar refractivity (Wildman–Crippen MR) is 77.7 cm³/mol. The molecule has 21 heavy (non-hydrogen) atoms. The molecule has 0 fully saturated rings. The number of aliphatic carboxylic acids is 1. The minimum absolute atomic E-state index is 0.343. The topological polar surface area (TPSA) is 79.3 Å². The van der Waals surface area contributed by atoms with Gasteiger partial charge in [-0.1, -0.05) is 30.3 Å². The zero-order valence-electron chi connectivity index (χ0n) is 11.6. The SMILES string of the molecule is CC(C(=O)O)C(NC(=O)c1cccnc1)c1ccccc1. The van der Waals surface area contributed by atoms with Gasteiger partial charge in [0.2, 0.25) is 0 Å². The van der Waals surface area contributed by atoms with Crippen LogP contribution in [0.4, 0.5) is 0 Å². The summed E-state index contributed by atoms with van der Waals surface area (Å²) in [5.74, 6) is -2.05. The summed E-state index contributed by atoms with van der Waals surface area (Å²) in [4.78, 5) is 27.4. The lowest BCUT2D eigenvalue weighted by atomic mass is 9.94. The second kappa shape index (κ2) is 6.65. The standard InChI is InChI=1S/C16H16N2O3/c1-11(16(20)21)14(12-6-3-2-4-7-12)18-15(19)13-8-5-9-17-10-13/h2-11,14H,1H3,(H,18,19)(H,20,21). The van der Waals surface area contributed by atoms with Crippen LogP contribution in [0.15, 0.2) is 54.9 Å². The van der Waals surface area contributed by atoms with E-state index >= 15 is 0 Å². The molecule has 0 spiro atoms. The van der Waals surface area contributed by atoms with E-state index in [0.29, 0.717) is 5.56 Å². The average molecular weight is 284 g/mol. The molecule has 2 rings (SSSR count). The van der Waals surface area contributed by atoms with Crippen molar-refractivity contribution in [2.75, 3.05) is 0 Å². The summed E-state index contributed by atoms with van der Waals surface area (Å²) in [7, 11) is 0. The van der Waals surface area contributed by atoms with Crippen LogP contribution >= 0.6 is 0 Å². The largest absolute Gasteiger partial charge is 0.481 e. The minimum atomic E-state index is -0.963. The maximum atomic E-state index is 12.2. The van der Waals surface area contributed by atoms with Crippen molar-refractivity contribution in [2.45, 2.75) is 13.0 Å². The zero-order chi connectivity index (χ0) is 15.2. The molecule has 2 unspecified atom stereocenters. The van der Waals surface area contributed by atoms with Crippen molar-refractivity contribution in [1.29, 1.82) is 0 Å². The van der Waals surface area contributed by atoms with E-state index in [4.69, 9.17) is 0 Å².